The number of nitrogens with zero attached hydrogens (tertiary/aromatic N) is 1. The third-order valence-corrected chi connectivity index (χ3v) is 4.58. The van der Waals surface area contributed by atoms with Crippen LogP contribution in [0.15, 0.2) is 36.4 Å². The molecule has 6 heteroatoms. The molecule has 0 spiro atoms. The number of hydrogen-bond donors (Lipinski definition) is 0. The number of methoxy groups -OCH3 is 1. The van der Waals surface area contributed by atoms with Crippen molar-refractivity contribution in [3.63, 3.8) is 0 Å². The van der Waals surface area contributed by atoms with E-state index in [0.717, 1.165) is 22.7 Å². The molecule has 1 aromatic carbocycles. The van der Waals surface area contributed by atoms with Gasteiger partial charge in [0, 0.05) is 30.1 Å². The second-order valence-corrected chi connectivity index (χ2v) is 6.83. The zero-order chi connectivity index (χ0) is 21.4. The summed E-state index contributed by atoms with van der Waals surface area (Å²) in [6.45, 7) is 8.64. The number of aryl methyl sites for hydroxylation is 1. The molecule has 6 nitrogen and oxygen atoms in total. The third-order valence-electron chi connectivity index (χ3n) is 4.58. The molecule has 0 amide bonds. The number of esters is 1. The van der Waals surface area contributed by atoms with E-state index >= 15 is 0 Å². The highest BCUT2D eigenvalue weighted by molar-refractivity contribution is 6.00. The summed E-state index contributed by atoms with van der Waals surface area (Å²) in [6.07, 6.45) is 2.95. The Morgan fingerprint density at radius 1 is 1.17 bits per heavy atom. The summed E-state index contributed by atoms with van der Waals surface area (Å²) in [5, 5.41) is 0. The zero-order valence-electron chi connectivity index (χ0n) is 17.7. The lowest BCUT2D eigenvalue weighted by atomic mass is 10.1. The van der Waals surface area contributed by atoms with Crippen LogP contribution in [-0.2, 0) is 14.3 Å². The van der Waals surface area contributed by atoms with Crippen LogP contribution in [0.4, 0.5) is 0 Å². The van der Waals surface area contributed by atoms with Gasteiger partial charge in [0.05, 0.1) is 19.3 Å². The van der Waals surface area contributed by atoms with Crippen molar-refractivity contribution < 1.29 is 23.8 Å². The van der Waals surface area contributed by atoms with Crippen LogP contribution >= 0.6 is 0 Å². The summed E-state index contributed by atoms with van der Waals surface area (Å²) in [7, 11) is 1.65. The average molecular weight is 399 g/mol. The molecule has 0 aliphatic heterocycles. The zero-order valence-corrected chi connectivity index (χ0v) is 17.7. The van der Waals surface area contributed by atoms with Gasteiger partial charge in [-0.05, 0) is 57.5 Å². The Bertz CT molecular complexity index is 864. The van der Waals surface area contributed by atoms with Crippen molar-refractivity contribution in [3.8, 4) is 5.75 Å². The number of carbonyl (C=O) groups excluding carboxylic acids is 2. The molecule has 0 saturated carbocycles. The molecule has 0 N–H and O–H groups in total. The maximum absolute atomic E-state index is 12.5. The van der Waals surface area contributed by atoms with Gasteiger partial charge in [-0.1, -0.05) is 12.1 Å². The van der Waals surface area contributed by atoms with Crippen LogP contribution in [0.2, 0.25) is 0 Å². The SMILES string of the molecule is CCOc1ccc(/C=C/C(=O)OCC(=O)c2cc(C)n(C(C)COC)c2C)cc1. The van der Waals surface area contributed by atoms with Gasteiger partial charge in [0.25, 0.3) is 0 Å². The van der Waals surface area contributed by atoms with Crippen molar-refractivity contribution >= 4 is 17.8 Å². The largest absolute Gasteiger partial charge is 0.494 e. The van der Waals surface area contributed by atoms with Crippen molar-refractivity contribution in [2.45, 2.75) is 33.7 Å². The Kier molecular flexibility index (Phi) is 8.21. The van der Waals surface area contributed by atoms with Crippen LogP contribution in [0.3, 0.4) is 0 Å². The van der Waals surface area contributed by atoms with Gasteiger partial charge < -0.3 is 18.8 Å². The van der Waals surface area contributed by atoms with E-state index < -0.39 is 5.97 Å². The third kappa shape index (κ3) is 6.06. The van der Waals surface area contributed by atoms with E-state index in [1.807, 2.05) is 58.0 Å². The molecule has 2 rings (SSSR count). The van der Waals surface area contributed by atoms with Gasteiger partial charge in [-0.25, -0.2) is 4.79 Å². The molecule has 1 aromatic heterocycles. The lowest BCUT2D eigenvalue weighted by molar-refractivity contribution is -0.136. The van der Waals surface area contributed by atoms with E-state index in [-0.39, 0.29) is 18.4 Å². The number of aromatic nitrogens is 1. The van der Waals surface area contributed by atoms with Gasteiger partial charge >= 0.3 is 5.97 Å². The molecule has 29 heavy (non-hydrogen) atoms. The van der Waals surface area contributed by atoms with E-state index in [0.29, 0.717) is 18.8 Å². The molecule has 0 radical (unpaired) electrons. The van der Waals surface area contributed by atoms with Crippen LogP contribution in [0, 0.1) is 13.8 Å². The fourth-order valence-corrected chi connectivity index (χ4v) is 3.32. The van der Waals surface area contributed by atoms with Crippen molar-refractivity contribution in [2.24, 2.45) is 0 Å². The molecule has 0 bridgehead atoms. The number of hydrogen-bond acceptors (Lipinski definition) is 5. The molecule has 1 atom stereocenters. The Hall–Kier alpha value is -2.86. The van der Waals surface area contributed by atoms with Crippen molar-refractivity contribution in [1.29, 1.82) is 0 Å². The van der Waals surface area contributed by atoms with Gasteiger partial charge in [-0.15, -0.1) is 0 Å². The molecule has 1 heterocycles. The molecular formula is C23H29NO5. The van der Waals surface area contributed by atoms with Gasteiger partial charge in [0.15, 0.2) is 6.61 Å². The first kappa shape index (κ1) is 22.4. The molecular weight excluding hydrogens is 370 g/mol. The van der Waals surface area contributed by atoms with Gasteiger partial charge in [0.1, 0.15) is 5.75 Å². The number of ketones is 1. The number of ether oxygens (including phenoxy) is 3. The van der Waals surface area contributed by atoms with E-state index in [1.165, 1.54) is 6.08 Å². The maximum Gasteiger partial charge on any atom is 0.331 e. The fourth-order valence-electron chi connectivity index (χ4n) is 3.32. The van der Waals surface area contributed by atoms with Crippen LogP contribution in [0.25, 0.3) is 6.08 Å². The summed E-state index contributed by atoms with van der Waals surface area (Å²) < 4.78 is 17.8. The van der Waals surface area contributed by atoms with Gasteiger partial charge in [-0.3, -0.25) is 4.79 Å². The van der Waals surface area contributed by atoms with E-state index in [4.69, 9.17) is 14.2 Å². The molecule has 0 aliphatic rings. The first-order valence-corrected chi connectivity index (χ1v) is 9.65. The molecule has 2 aromatic rings. The second-order valence-electron chi connectivity index (χ2n) is 6.83. The minimum Gasteiger partial charge on any atom is -0.494 e. The number of carbonyl (C=O) groups is 2. The Labute approximate surface area is 172 Å². The first-order valence-electron chi connectivity index (χ1n) is 9.65. The topological polar surface area (TPSA) is 66.8 Å². The molecule has 1 unspecified atom stereocenters. The normalized spacial score (nSPS) is 12.2. The first-order chi connectivity index (χ1) is 13.9. The van der Waals surface area contributed by atoms with Crippen molar-refractivity contribution in [1.82, 2.24) is 4.57 Å². The number of Topliss-reactive ketones (excluding diaryl/α,β-unsaturated/α-hetero) is 1. The minimum atomic E-state index is -0.561. The van der Waals surface area contributed by atoms with Gasteiger partial charge in [0.2, 0.25) is 5.78 Å². The standard InChI is InChI=1S/C23H29NO5/c1-6-28-20-10-7-19(8-11-20)9-12-23(26)29-15-22(25)21-13-16(2)24(18(21)4)17(3)14-27-5/h7-13,17H,6,14-15H2,1-5H3/b12-9+. The minimum absolute atomic E-state index is 0.112. The van der Waals surface area contributed by atoms with E-state index in [9.17, 15) is 9.59 Å². The van der Waals surface area contributed by atoms with Crippen molar-refractivity contribution in [2.75, 3.05) is 26.9 Å². The highest BCUT2D eigenvalue weighted by Crippen LogP contribution is 2.21. The van der Waals surface area contributed by atoms with Crippen LogP contribution in [0.5, 0.6) is 5.75 Å². The van der Waals surface area contributed by atoms with Crippen LogP contribution in [0.1, 0.15) is 47.2 Å². The fraction of sp³-hybridized carbons (Fsp3) is 0.391. The van der Waals surface area contributed by atoms with E-state index in [2.05, 4.69) is 4.57 Å². The summed E-state index contributed by atoms with van der Waals surface area (Å²) >= 11 is 0. The van der Waals surface area contributed by atoms with Crippen molar-refractivity contribution in [3.05, 3.63) is 58.9 Å². The quantitative estimate of drug-likeness (QED) is 0.341. The average Bonchev–Trinajstić information content (AvgIpc) is 3.00. The Morgan fingerprint density at radius 2 is 1.86 bits per heavy atom. The lowest BCUT2D eigenvalue weighted by Crippen LogP contribution is -2.16. The highest BCUT2D eigenvalue weighted by atomic mass is 16.5. The Morgan fingerprint density at radius 3 is 2.48 bits per heavy atom. The summed E-state index contributed by atoms with van der Waals surface area (Å²) in [4.78, 5) is 24.5. The smallest absolute Gasteiger partial charge is 0.331 e. The maximum atomic E-state index is 12.5. The number of rotatable bonds is 10. The predicted molar refractivity (Wildman–Crippen MR) is 112 cm³/mol. The van der Waals surface area contributed by atoms with Crippen LogP contribution < -0.4 is 4.74 Å². The summed E-state index contributed by atoms with van der Waals surface area (Å²) in [5.74, 6) is -0.0131. The van der Waals surface area contributed by atoms with E-state index in [1.54, 1.807) is 13.2 Å². The van der Waals surface area contributed by atoms with Crippen LogP contribution in [-0.4, -0.2) is 43.3 Å². The highest BCUT2D eigenvalue weighted by Gasteiger charge is 2.19. The summed E-state index contributed by atoms with van der Waals surface area (Å²) in [6, 6.07) is 9.29. The second kappa shape index (κ2) is 10.6. The van der Waals surface area contributed by atoms with Gasteiger partial charge in [-0.2, -0.15) is 0 Å². The monoisotopic (exact) mass is 399 g/mol. The Balaban J connectivity index is 1.95. The molecule has 0 saturated heterocycles. The molecule has 156 valence electrons. The predicted octanol–water partition coefficient (Wildman–Crippen LogP) is 4.15. The summed E-state index contributed by atoms with van der Waals surface area (Å²) in [5.41, 5.74) is 3.22. The lowest BCUT2D eigenvalue weighted by Gasteiger charge is -2.17. The molecule has 0 aliphatic carbocycles. The molecule has 0 fully saturated rings. The number of benzene rings is 1.